The number of H-pyrrole nitrogens is 1. The summed E-state index contributed by atoms with van der Waals surface area (Å²) in [4.78, 5) is 7.85. The Bertz CT molecular complexity index is 1090. The number of nitrogens with zero attached hydrogens (tertiary/aromatic N) is 1. The van der Waals surface area contributed by atoms with Gasteiger partial charge < -0.3 is 10.3 Å². The normalized spacial score (nSPS) is 11.0. The summed E-state index contributed by atoms with van der Waals surface area (Å²) in [7, 11) is 0. The van der Waals surface area contributed by atoms with E-state index in [0.29, 0.717) is 10.0 Å². The lowest BCUT2D eigenvalue weighted by molar-refractivity contribution is 1.24. The fraction of sp³-hybridized carbons (Fsp3) is 0.0500. The summed E-state index contributed by atoms with van der Waals surface area (Å²) in [6.45, 7) is 0. The number of nitrogens with one attached hydrogen (secondary N) is 2. The monoisotopic (exact) mass is 399 g/mol. The highest BCUT2D eigenvalue weighted by atomic mass is 35.5. The molecule has 2 N–H and O–H groups in total. The first-order chi connectivity index (χ1) is 12.7. The maximum Gasteiger partial charge on any atom is 0.139 e. The number of rotatable bonds is 4. The standard InChI is InChI=1S/C20H15Cl2N3S/c1-26-18-11-14-16(24-18)9-10-23-20(14)25-17-8-4-6-13(19(17)22)12-5-2-3-7-15(12)21/h2-11,24H,1H3,(H,23,25). The van der Waals surface area contributed by atoms with Gasteiger partial charge in [0.25, 0.3) is 0 Å². The van der Waals surface area contributed by atoms with Crippen LogP contribution in [0.15, 0.2) is 65.8 Å². The number of fused-ring (bicyclic) bond motifs is 1. The third-order valence-electron chi connectivity index (χ3n) is 4.16. The predicted molar refractivity (Wildman–Crippen MR) is 113 cm³/mol. The van der Waals surface area contributed by atoms with Gasteiger partial charge in [-0.3, -0.25) is 0 Å². The van der Waals surface area contributed by atoms with Crippen LogP contribution in [0.2, 0.25) is 10.0 Å². The third kappa shape index (κ3) is 3.16. The van der Waals surface area contributed by atoms with Crippen molar-refractivity contribution in [1.29, 1.82) is 0 Å². The van der Waals surface area contributed by atoms with Crippen LogP contribution in [-0.4, -0.2) is 16.2 Å². The number of hydrogen-bond acceptors (Lipinski definition) is 3. The Morgan fingerprint density at radius 2 is 1.81 bits per heavy atom. The van der Waals surface area contributed by atoms with Gasteiger partial charge in [0, 0.05) is 27.7 Å². The number of benzene rings is 2. The van der Waals surface area contributed by atoms with Gasteiger partial charge in [-0.1, -0.05) is 53.5 Å². The minimum absolute atomic E-state index is 0.611. The van der Waals surface area contributed by atoms with E-state index in [1.165, 1.54) is 0 Å². The number of hydrogen-bond donors (Lipinski definition) is 2. The molecule has 0 radical (unpaired) electrons. The van der Waals surface area contributed by atoms with Crippen molar-refractivity contribution in [2.75, 3.05) is 11.6 Å². The summed E-state index contributed by atoms with van der Waals surface area (Å²) >= 11 is 14.7. The largest absolute Gasteiger partial charge is 0.350 e. The Morgan fingerprint density at radius 3 is 2.62 bits per heavy atom. The summed E-state index contributed by atoms with van der Waals surface area (Å²) in [5.41, 5.74) is 3.61. The number of anilines is 2. The van der Waals surface area contributed by atoms with E-state index in [9.17, 15) is 0 Å². The lowest BCUT2D eigenvalue weighted by atomic mass is 10.0. The van der Waals surface area contributed by atoms with Crippen molar-refractivity contribution < 1.29 is 0 Å². The molecule has 3 nitrogen and oxygen atoms in total. The Kier molecular flexibility index (Phi) is 4.81. The summed E-state index contributed by atoms with van der Waals surface area (Å²) in [5.74, 6) is 0.761. The Morgan fingerprint density at radius 1 is 1.00 bits per heavy atom. The van der Waals surface area contributed by atoms with Gasteiger partial charge in [0.15, 0.2) is 0 Å². The summed E-state index contributed by atoms with van der Waals surface area (Å²) in [6.07, 6.45) is 3.81. The maximum atomic E-state index is 6.69. The molecular weight excluding hydrogens is 385 g/mol. The lowest BCUT2D eigenvalue weighted by Crippen LogP contribution is -1.95. The fourth-order valence-electron chi connectivity index (χ4n) is 2.88. The van der Waals surface area contributed by atoms with E-state index in [4.69, 9.17) is 23.2 Å². The van der Waals surface area contributed by atoms with Gasteiger partial charge in [-0.05, 0) is 30.5 Å². The molecule has 0 saturated carbocycles. The highest BCUT2D eigenvalue weighted by molar-refractivity contribution is 7.98. The van der Waals surface area contributed by atoms with Crippen molar-refractivity contribution in [3.63, 3.8) is 0 Å². The Balaban J connectivity index is 1.77. The zero-order valence-electron chi connectivity index (χ0n) is 13.9. The van der Waals surface area contributed by atoms with Gasteiger partial charge in [-0.15, -0.1) is 11.8 Å². The molecule has 26 heavy (non-hydrogen) atoms. The molecule has 0 amide bonds. The van der Waals surface area contributed by atoms with E-state index in [1.54, 1.807) is 18.0 Å². The average molecular weight is 400 g/mol. The number of halogens is 2. The third-order valence-corrected chi connectivity index (χ3v) is 5.56. The van der Waals surface area contributed by atoms with Gasteiger partial charge in [0.05, 0.1) is 21.3 Å². The van der Waals surface area contributed by atoms with Crippen LogP contribution in [0.5, 0.6) is 0 Å². The number of aromatic amines is 1. The molecule has 2 aromatic carbocycles. The second-order valence-corrected chi connectivity index (χ2v) is 7.36. The Hall–Kier alpha value is -2.14. The minimum Gasteiger partial charge on any atom is -0.350 e. The van der Waals surface area contributed by atoms with E-state index in [1.807, 2.05) is 54.8 Å². The van der Waals surface area contributed by atoms with Gasteiger partial charge in [-0.2, -0.15) is 0 Å². The minimum atomic E-state index is 0.611. The molecule has 0 unspecified atom stereocenters. The van der Waals surface area contributed by atoms with Gasteiger partial charge >= 0.3 is 0 Å². The fourth-order valence-corrected chi connectivity index (χ4v) is 3.84. The van der Waals surface area contributed by atoms with E-state index < -0.39 is 0 Å². The topological polar surface area (TPSA) is 40.7 Å². The maximum absolute atomic E-state index is 6.69. The average Bonchev–Trinajstić information content (AvgIpc) is 3.09. The van der Waals surface area contributed by atoms with Crippen LogP contribution >= 0.6 is 35.0 Å². The highest BCUT2D eigenvalue weighted by Crippen LogP contribution is 2.38. The first-order valence-corrected chi connectivity index (χ1v) is 9.97. The molecule has 0 bridgehead atoms. The quantitative estimate of drug-likeness (QED) is 0.362. The van der Waals surface area contributed by atoms with E-state index >= 15 is 0 Å². The van der Waals surface area contributed by atoms with Crippen molar-refractivity contribution >= 4 is 57.4 Å². The molecule has 0 aliphatic rings. The van der Waals surface area contributed by atoms with Crippen LogP contribution in [0, 0.1) is 0 Å². The smallest absolute Gasteiger partial charge is 0.139 e. The lowest BCUT2D eigenvalue weighted by Gasteiger charge is -2.13. The molecule has 0 aliphatic heterocycles. The molecule has 6 heteroatoms. The molecule has 0 fully saturated rings. The van der Waals surface area contributed by atoms with Gasteiger partial charge in [-0.25, -0.2) is 4.98 Å². The van der Waals surface area contributed by atoms with Crippen molar-refractivity contribution in [2.45, 2.75) is 5.03 Å². The summed E-state index contributed by atoms with van der Waals surface area (Å²) in [6, 6.07) is 17.6. The molecule has 4 aromatic rings. The number of thioether (sulfide) groups is 1. The van der Waals surface area contributed by atoms with Crippen molar-refractivity contribution in [3.8, 4) is 11.1 Å². The van der Waals surface area contributed by atoms with E-state index in [0.717, 1.165) is 38.6 Å². The van der Waals surface area contributed by atoms with Crippen LogP contribution in [0.1, 0.15) is 0 Å². The first-order valence-electron chi connectivity index (χ1n) is 7.99. The van der Waals surface area contributed by atoms with Crippen molar-refractivity contribution in [2.24, 2.45) is 0 Å². The zero-order chi connectivity index (χ0) is 18.1. The van der Waals surface area contributed by atoms with Gasteiger partial charge in [0.1, 0.15) is 5.82 Å². The number of aromatic nitrogens is 2. The van der Waals surface area contributed by atoms with Crippen LogP contribution < -0.4 is 5.32 Å². The molecule has 0 saturated heterocycles. The van der Waals surface area contributed by atoms with Crippen LogP contribution in [0.3, 0.4) is 0 Å². The predicted octanol–water partition coefficient (Wildman–Crippen LogP) is 7.00. The first kappa shape index (κ1) is 17.3. The molecule has 0 aliphatic carbocycles. The molecule has 130 valence electrons. The molecule has 0 atom stereocenters. The second-order valence-electron chi connectivity index (χ2n) is 5.73. The highest BCUT2D eigenvalue weighted by Gasteiger charge is 2.13. The molecule has 4 rings (SSSR count). The second kappa shape index (κ2) is 7.23. The molecule has 2 aromatic heterocycles. The summed E-state index contributed by atoms with van der Waals surface area (Å²) in [5, 5.41) is 6.76. The summed E-state index contributed by atoms with van der Waals surface area (Å²) < 4.78 is 0. The molecule has 2 heterocycles. The van der Waals surface area contributed by atoms with E-state index in [2.05, 4.69) is 21.4 Å². The SMILES string of the molecule is CSc1cc2c(Nc3cccc(-c4ccccc4Cl)c3Cl)nccc2[nH]1. The van der Waals surface area contributed by atoms with Crippen LogP contribution in [0.25, 0.3) is 22.0 Å². The molecule has 0 spiro atoms. The van der Waals surface area contributed by atoms with Crippen LogP contribution in [-0.2, 0) is 0 Å². The van der Waals surface area contributed by atoms with Crippen molar-refractivity contribution in [1.82, 2.24) is 9.97 Å². The van der Waals surface area contributed by atoms with Gasteiger partial charge in [0.2, 0.25) is 0 Å². The molecular formula is C20H15Cl2N3S. The number of pyridine rings is 1. The van der Waals surface area contributed by atoms with E-state index in [-0.39, 0.29) is 0 Å². The Labute approximate surface area is 165 Å². The van der Waals surface area contributed by atoms with Crippen molar-refractivity contribution in [3.05, 3.63) is 70.8 Å². The van der Waals surface area contributed by atoms with Crippen LogP contribution in [0.4, 0.5) is 11.5 Å². The zero-order valence-corrected chi connectivity index (χ0v) is 16.2.